The maximum atomic E-state index is 14.2. The lowest BCUT2D eigenvalue weighted by atomic mass is 10.1. The van der Waals surface area contributed by atoms with Gasteiger partial charge in [-0.1, -0.05) is 35.9 Å². The number of hydrogen-bond acceptors (Lipinski definition) is 4. The minimum atomic E-state index is -0.635. The van der Waals surface area contributed by atoms with Crippen LogP contribution in [0.1, 0.15) is 41.5 Å². The summed E-state index contributed by atoms with van der Waals surface area (Å²) in [5, 5.41) is 7.10. The van der Waals surface area contributed by atoms with Crippen molar-refractivity contribution < 1.29 is 14.0 Å². The van der Waals surface area contributed by atoms with Gasteiger partial charge in [0.05, 0.1) is 22.4 Å². The highest BCUT2D eigenvalue weighted by Gasteiger charge is 2.31. The average Bonchev–Trinajstić information content (AvgIpc) is 3.21. The van der Waals surface area contributed by atoms with Crippen LogP contribution in [-0.4, -0.2) is 46.3 Å². The largest absolute Gasteiger partial charge is 0.331 e. The molecule has 0 unspecified atom stereocenters. The minimum Gasteiger partial charge on any atom is -0.331 e. The summed E-state index contributed by atoms with van der Waals surface area (Å²) in [6.07, 6.45) is 1.77. The fourth-order valence-electron chi connectivity index (χ4n) is 3.93. The van der Waals surface area contributed by atoms with Gasteiger partial charge in [0, 0.05) is 38.8 Å². The van der Waals surface area contributed by atoms with E-state index in [9.17, 15) is 14.0 Å². The second-order valence-corrected chi connectivity index (χ2v) is 8.42. The molecule has 170 valence electrons. The fraction of sp³-hybridized carbons (Fsp3) is 0.250. The molecule has 0 spiro atoms. The molecule has 1 atom stereocenters. The van der Waals surface area contributed by atoms with E-state index in [1.807, 2.05) is 31.2 Å². The number of hydrogen-bond donors (Lipinski definition) is 1. The van der Waals surface area contributed by atoms with Crippen molar-refractivity contribution in [1.29, 1.82) is 0 Å². The van der Waals surface area contributed by atoms with E-state index in [1.165, 1.54) is 19.1 Å². The van der Waals surface area contributed by atoms with Crippen molar-refractivity contribution in [3.05, 3.63) is 70.1 Å². The Kier molecular flexibility index (Phi) is 6.29. The molecular weight excluding hydrogens is 445 g/mol. The lowest BCUT2D eigenvalue weighted by Crippen LogP contribution is -2.41. The highest BCUT2D eigenvalue weighted by atomic mass is 35.5. The number of nitrogens with zero attached hydrogens (tertiary/aromatic N) is 4. The third-order valence-electron chi connectivity index (χ3n) is 5.42. The quantitative estimate of drug-likeness (QED) is 0.558. The predicted octanol–water partition coefficient (Wildman–Crippen LogP) is 4.57. The van der Waals surface area contributed by atoms with Crippen LogP contribution in [0.4, 0.5) is 10.1 Å². The first kappa shape index (κ1) is 22.7. The molecule has 1 aromatic heterocycles. The number of halogens is 2. The number of anilines is 1. The third-order valence-corrected chi connectivity index (χ3v) is 5.71. The molecule has 9 heteroatoms. The van der Waals surface area contributed by atoms with E-state index in [0.717, 1.165) is 11.1 Å². The zero-order valence-corrected chi connectivity index (χ0v) is 19.2. The van der Waals surface area contributed by atoms with Crippen molar-refractivity contribution in [3.8, 4) is 11.3 Å². The van der Waals surface area contributed by atoms with Gasteiger partial charge in [0.2, 0.25) is 5.91 Å². The van der Waals surface area contributed by atoms with Crippen LogP contribution in [0.3, 0.4) is 0 Å². The second-order valence-electron chi connectivity index (χ2n) is 8.02. The van der Waals surface area contributed by atoms with Crippen molar-refractivity contribution >= 4 is 35.3 Å². The summed E-state index contributed by atoms with van der Waals surface area (Å²) in [7, 11) is 1.72. The van der Waals surface area contributed by atoms with Gasteiger partial charge in [0.25, 0.3) is 5.91 Å². The summed E-state index contributed by atoms with van der Waals surface area (Å²) in [5.74, 6) is -1.12. The van der Waals surface area contributed by atoms with Crippen LogP contribution >= 0.6 is 11.6 Å². The Balaban J connectivity index is 1.65. The number of aliphatic imine (C=N–C) groups is 1. The molecule has 0 bridgehead atoms. The van der Waals surface area contributed by atoms with Crippen LogP contribution in [0.5, 0.6) is 0 Å². The van der Waals surface area contributed by atoms with E-state index >= 15 is 0 Å². The highest BCUT2D eigenvalue weighted by molar-refractivity contribution is 6.31. The molecule has 2 amide bonds. The zero-order valence-electron chi connectivity index (χ0n) is 18.5. The molecule has 0 radical (unpaired) electrons. The number of benzene rings is 2. The second kappa shape index (κ2) is 9.15. The van der Waals surface area contributed by atoms with E-state index in [-0.39, 0.29) is 22.9 Å². The summed E-state index contributed by atoms with van der Waals surface area (Å²) >= 11 is 5.91. The van der Waals surface area contributed by atoms with Crippen LogP contribution in [-0.2, 0) is 11.3 Å². The number of carbonyl (C=O) groups excluding carboxylic acids is 2. The van der Waals surface area contributed by atoms with E-state index in [2.05, 4.69) is 15.4 Å². The van der Waals surface area contributed by atoms with Gasteiger partial charge in [0.15, 0.2) is 0 Å². The molecule has 4 rings (SSSR count). The van der Waals surface area contributed by atoms with E-state index in [4.69, 9.17) is 11.6 Å². The Morgan fingerprint density at radius 1 is 1.30 bits per heavy atom. The first-order valence-corrected chi connectivity index (χ1v) is 10.8. The van der Waals surface area contributed by atoms with Gasteiger partial charge < -0.3 is 10.2 Å². The van der Waals surface area contributed by atoms with E-state index in [1.54, 1.807) is 28.9 Å². The van der Waals surface area contributed by atoms with Gasteiger partial charge in [-0.05, 0) is 36.2 Å². The number of rotatable bonds is 5. The van der Waals surface area contributed by atoms with Crippen molar-refractivity contribution in [1.82, 2.24) is 14.7 Å². The molecule has 1 N–H and O–H groups in total. The Morgan fingerprint density at radius 3 is 2.70 bits per heavy atom. The first-order chi connectivity index (χ1) is 15.8. The van der Waals surface area contributed by atoms with Crippen molar-refractivity contribution in [3.63, 3.8) is 0 Å². The van der Waals surface area contributed by atoms with Gasteiger partial charge in [-0.2, -0.15) is 5.10 Å². The average molecular weight is 468 g/mol. The number of fused-ring (bicyclic) bond motifs is 1. The Morgan fingerprint density at radius 2 is 2.03 bits per heavy atom. The van der Waals surface area contributed by atoms with E-state index < -0.39 is 5.82 Å². The topological polar surface area (TPSA) is 79.6 Å². The Labute approximate surface area is 195 Å². The zero-order chi connectivity index (χ0) is 23.7. The molecule has 0 aliphatic carbocycles. The van der Waals surface area contributed by atoms with Crippen molar-refractivity contribution in [2.75, 3.05) is 18.9 Å². The first-order valence-electron chi connectivity index (χ1n) is 10.4. The molecule has 33 heavy (non-hydrogen) atoms. The fourth-order valence-corrected chi connectivity index (χ4v) is 4.09. The molecule has 7 nitrogen and oxygen atoms in total. The summed E-state index contributed by atoms with van der Waals surface area (Å²) < 4.78 is 15.9. The summed E-state index contributed by atoms with van der Waals surface area (Å²) in [4.78, 5) is 30.6. The maximum Gasteiger partial charge on any atom is 0.272 e. The third kappa shape index (κ3) is 4.66. The maximum absolute atomic E-state index is 14.2. The van der Waals surface area contributed by atoms with Gasteiger partial charge in [-0.25, -0.2) is 4.39 Å². The van der Waals surface area contributed by atoms with Gasteiger partial charge in [-0.15, -0.1) is 0 Å². The van der Waals surface area contributed by atoms with Crippen LogP contribution in [0.15, 0.2) is 47.5 Å². The van der Waals surface area contributed by atoms with Crippen LogP contribution < -0.4 is 5.32 Å². The molecule has 2 heterocycles. The molecule has 0 fully saturated rings. The molecule has 1 aliphatic rings. The van der Waals surface area contributed by atoms with Crippen molar-refractivity contribution in [2.45, 2.75) is 26.4 Å². The molecule has 0 saturated carbocycles. The monoisotopic (exact) mass is 467 g/mol. The summed E-state index contributed by atoms with van der Waals surface area (Å²) in [6, 6.07) is 12.0. The Hall–Kier alpha value is -3.52. The summed E-state index contributed by atoms with van der Waals surface area (Å²) in [5.41, 5.74) is 3.47. The lowest BCUT2D eigenvalue weighted by molar-refractivity contribution is -0.114. The molecule has 2 aromatic carbocycles. The number of nitrogens with one attached hydrogen (secondary N) is 1. The van der Waals surface area contributed by atoms with Gasteiger partial charge >= 0.3 is 0 Å². The molecule has 3 aromatic rings. The number of aromatic nitrogens is 2. The standard InChI is InChI=1S/C24H23ClFN5O2/c1-14-12-30(13-17-6-4-16(5-7-17)11-27-3)24(33)23-10-22(29-31(14)23)18-8-20(26)19(25)9-21(18)28-15(2)32/h4-11,14H,12-13H2,1-3H3,(H,28,32)/b27-11+/t14-/m0/s1. The van der Waals surface area contributed by atoms with Crippen LogP contribution in [0.25, 0.3) is 11.3 Å². The van der Waals surface area contributed by atoms with Crippen LogP contribution in [0, 0.1) is 5.82 Å². The van der Waals surface area contributed by atoms with E-state index in [0.29, 0.717) is 35.7 Å². The van der Waals surface area contributed by atoms with Crippen LogP contribution in [0.2, 0.25) is 5.02 Å². The minimum absolute atomic E-state index is 0.0840. The smallest absolute Gasteiger partial charge is 0.272 e. The molecule has 1 aliphatic heterocycles. The SMILES string of the molecule is C/N=C/c1ccc(CN2C[C@H](C)n3nc(-c4cc(F)c(Cl)cc4NC(C)=O)cc3C2=O)cc1. The van der Waals surface area contributed by atoms with Gasteiger partial charge in [0.1, 0.15) is 11.5 Å². The Bertz CT molecular complexity index is 1250. The molecular formula is C24H23ClFN5O2. The number of carbonyl (C=O) groups is 2. The highest BCUT2D eigenvalue weighted by Crippen LogP contribution is 2.34. The number of amides is 2. The summed E-state index contributed by atoms with van der Waals surface area (Å²) in [6.45, 7) is 4.26. The molecule has 0 saturated heterocycles. The predicted molar refractivity (Wildman–Crippen MR) is 126 cm³/mol. The van der Waals surface area contributed by atoms with Gasteiger partial charge in [-0.3, -0.25) is 19.3 Å². The lowest BCUT2D eigenvalue weighted by Gasteiger charge is -2.31. The van der Waals surface area contributed by atoms with Crippen molar-refractivity contribution in [2.24, 2.45) is 4.99 Å². The normalized spacial score (nSPS) is 15.7.